The number of nitrogens with one attached hydrogen (secondary N) is 2. The van der Waals surface area contributed by atoms with Crippen molar-refractivity contribution in [3.05, 3.63) is 205 Å². The maximum Gasteiger partial charge on any atom is 0.354 e. The van der Waals surface area contributed by atoms with Crippen LogP contribution in [-0.2, 0) is 17.6 Å². The van der Waals surface area contributed by atoms with E-state index in [2.05, 4.69) is 35.3 Å². The molecule has 0 saturated heterocycles. The number of hydrogen-bond acceptors (Lipinski definition) is 12. The van der Waals surface area contributed by atoms with E-state index in [0.29, 0.717) is 52.0 Å². The van der Waals surface area contributed by atoms with Crippen LogP contribution in [0.4, 0.5) is 0 Å². The van der Waals surface area contributed by atoms with E-state index < -0.39 is 5.97 Å². The van der Waals surface area contributed by atoms with Crippen LogP contribution in [0.15, 0.2) is 137 Å². The Morgan fingerprint density at radius 3 is 1.72 bits per heavy atom. The lowest BCUT2D eigenvalue weighted by molar-refractivity contribution is 0.0687. The molecule has 60 heavy (non-hydrogen) atoms. The Morgan fingerprint density at radius 1 is 0.633 bits per heavy atom. The first-order chi connectivity index (χ1) is 29.2. The van der Waals surface area contributed by atoms with Gasteiger partial charge in [0.15, 0.2) is 0 Å². The van der Waals surface area contributed by atoms with Crippen molar-refractivity contribution in [3.8, 4) is 12.1 Å². The summed E-state index contributed by atoms with van der Waals surface area (Å²) >= 11 is 0. The molecule has 1 aliphatic heterocycles. The lowest BCUT2D eigenvalue weighted by Gasteiger charge is -2.05. The van der Waals surface area contributed by atoms with Gasteiger partial charge in [-0.3, -0.25) is 9.59 Å². The van der Waals surface area contributed by atoms with Gasteiger partial charge in [0.05, 0.1) is 27.7 Å². The lowest BCUT2D eigenvalue weighted by atomic mass is 10.0. The number of hydrogen-bond donors (Lipinski definition) is 3. The number of aromatic nitrogens is 7. The predicted molar refractivity (Wildman–Crippen MR) is 219 cm³/mol. The molecule has 15 heteroatoms. The number of cyclic esters (lactones) is 1. The van der Waals surface area contributed by atoms with Crippen molar-refractivity contribution < 1.29 is 19.4 Å². The van der Waals surface area contributed by atoms with E-state index in [-0.39, 0.29) is 22.8 Å². The van der Waals surface area contributed by atoms with Crippen LogP contribution in [0, 0.1) is 22.7 Å². The average Bonchev–Trinajstić information content (AvgIpc) is 3.60. The number of nitriles is 2. The number of ether oxygens (including phenoxy) is 1. The van der Waals surface area contributed by atoms with Gasteiger partial charge < -0.3 is 9.84 Å². The Bertz CT molecular complexity index is 3180. The van der Waals surface area contributed by atoms with Gasteiger partial charge in [0.1, 0.15) is 35.0 Å². The number of pyridine rings is 3. The first-order valence-electron chi connectivity index (χ1n) is 18.1. The SMILES string of the molecule is N#Cc1cc(/C=C2\OC(=O)c3ccccc32)ccn1.N#Cc1cc(Cc2n[nH]c(=O)c3ccccc23)ccn1.O=C(O)c1cc(Cc2n[nH]c(=O)c3ccccc23)ccn1. The van der Waals surface area contributed by atoms with Gasteiger partial charge in [0.2, 0.25) is 0 Å². The monoisotopic (exact) mass is 791 g/mol. The molecule has 9 rings (SSSR count). The average molecular weight is 792 g/mol. The van der Waals surface area contributed by atoms with Crippen LogP contribution in [0.5, 0.6) is 0 Å². The molecular formula is C45H29N9O6. The summed E-state index contributed by atoms with van der Waals surface area (Å²) in [5, 5.41) is 42.5. The highest BCUT2D eigenvalue weighted by Gasteiger charge is 2.25. The number of esters is 1. The second-order valence-corrected chi connectivity index (χ2v) is 13.0. The highest BCUT2D eigenvalue weighted by molar-refractivity contribution is 6.05. The molecule has 0 fully saturated rings. The molecule has 8 aromatic rings. The molecular weight excluding hydrogens is 763 g/mol. The van der Waals surface area contributed by atoms with Crippen molar-refractivity contribution in [1.82, 2.24) is 35.3 Å². The second kappa shape index (κ2) is 17.9. The van der Waals surface area contributed by atoms with E-state index in [0.717, 1.165) is 38.7 Å². The van der Waals surface area contributed by atoms with Crippen LogP contribution < -0.4 is 11.1 Å². The van der Waals surface area contributed by atoms with Crippen LogP contribution >= 0.6 is 0 Å². The molecule has 0 unspecified atom stereocenters. The number of benzene rings is 3. The van der Waals surface area contributed by atoms with E-state index >= 15 is 0 Å². The number of rotatable bonds is 6. The summed E-state index contributed by atoms with van der Waals surface area (Å²) in [5.74, 6) is -0.928. The number of aromatic amines is 2. The number of carboxylic acid groups (broad SMARTS) is 1. The van der Waals surface area contributed by atoms with Crippen molar-refractivity contribution in [3.63, 3.8) is 0 Å². The summed E-state index contributed by atoms with van der Waals surface area (Å²) < 4.78 is 5.23. The van der Waals surface area contributed by atoms with Gasteiger partial charge in [0, 0.05) is 47.8 Å². The number of fused-ring (bicyclic) bond motifs is 3. The number of carboxylic acids is 1. The van der Waals surface area contributed by atoms with Gasteiger partial charge in [0.25, 0.3) is 11.1 Å². The molecule has 6 heterocycles. The third-order valence-corrected chi connectivity index (χ3v) is 9.09. The van der Waals surface area contributed by atoms with E-state index in [1.807, 2.05) is 60.7 Å². The summed E-state index contributed by atoms with van der Waals surface area (Å²) in [7, 11) is 0. The Kier molecular flexibility index (Phi) is 11.7. The number of aromatic carboxylic acids is 1. The molecule has 0 aliphatic carbocycles. The van der Waals surface area contributed by atoms with Crippen molar-refractivity contribution in [1.29, 1.82) is 10.5 Å². The minimum absolute atomic E-state index is 0.0127. The fourth-order valence-corrected chi connectivity index (χ4v) is 6.29. The molecule has 15 nitrogen and oxygen atoms in total. The summed E-state index contributed by atoms with van der Waals surface area (Å²) in [4.78, 5) is 57.6. The molecule has 290 valence electrons. The number of carbonyl (C=O) groups excluding carboxylic acids is 1. The van der Waals surface area contributed by atoms with E-state index in [4.69, 9.17) is 20.4 Å². The summed E-state index contributed by atoms with van der Waals surface area (Å²) in [5.41, 5.74) is 5.50. The highest BCUT2D eigenvalue weighted by atomic mass is 16.5. The number of H-pyrrole nitrogens is 2. The quantitative estimate of drug-likeness (QED) is 0.164. The Labute approximate surface area is 339 Å². The molecule has 0 atom stereocenters. The highest BCUT2D eigenvalue weighted by Crippen LogP contribution is 2.31. The van der Waals surface area contributed by atoms with Gasteiger partial charge in [-0.05, 0) is 77.4 Å². The van der Waals surface area contributed by atoms with Crippen molar-refractivity contribution in [2.75, 3.05) is 0 Å². The summed E-state index contributed by atoms with van der Waals surface area (Å²) in [6, 6.07) is 35.9. The number of nitrogens with zero attached hydrogens (tertiary/aromatic N) is 7. The number of carbonyl (C=O) groups is 2. The van der Waals surface area contributed by atoms with Gasteiger partial charge in [-0.25, -0.2) is 34.7 Å². The Hall–Kier alpha value is -8.95. The smallest absolute Gasteiger partial charge is 0.354 e. The molecule has 5 aromatic heterocycles. The van der Waals surface area contributed by atoms with Crippen LogP contribution in [-0.4, -0.2) is 52.4 Å². The topological polar surface area (TPSA) is 241 Å². The second-order valence-electron chi connectivity index (χ2n) is 13.0. The van der Waals surface area contributed by atoms with Gasteiger partial charge in [-0.1, -0.05) is 54.6 Å². The fourth-order valence-electron chi connectivity index (χ4n) is 6.29. The lowest BCUT2D eigenvalue weighted by Crippen LogP contribution is -2.11. The van der Waals surface area contributed by atoms with Crippen molar-refractivity contribution >= 4 is 45.3 Å². The molecule has 0 bridgehead atoms. The van der Waals surface area contributed by atoms with Crippen LogP contribution in [0.2, 0.25) is 0 Å². The Balaban J connectivity index is 0.000000136. The molecule has 0 radical (unpaired) electrons. The standard InChI is InChI=1S/C15H10N4O.C15H11N3O3.C15H8N2O2/c16-9-11-7-10(5-6-17-11)8-14-12-3-1-2-4-13(12)15(20)19-18-14;19-14-11-4-2-1-3-10(11)12(17-18-14)7-9-5-6-16-13(8-9)15(20)21;16-9-11-7-10(5-6-17-11)8-14-12-3-1-2-4-13(12)15(18)19-14/h1-7H,8H2,(H,19,20);1-6,8H,7H2,(H,18,19)(H,20,21);1-8H/b;;14-8-. The zero-order valence-electron chi connectivity index (χ0n) is 31.2. The third-order valence-electron chi connectivity index (χ3n) is 9.09. The molecule has 3 aromatic carbocycles. The molecule has 0 spiro atoms. The summed E-state index contributed by atoms with van der Waals surface area (Å²) in [6.07, 6.45) is 7.28. The zero-order chi connectivity index (χ0) is 42.0. The molecule has 1 aliphatic rings. The van der Waals surface area contributed by atoms with Gasteiger partial charge in [-0.15, -0.1) is 0 Å². The minimum atomic E-state index is -1.07. The van der Waals surface area contributed by atoms with E-state index in [1.54, 1.807) is 73.1 Å². The zero-order valence-corrected chi connectivity index (χ0v) is 31.2. The van der Waals surface area contributed by atoms with Gasteiger partial charge in [-0.2, -0.15) is 20.7 Å². The first kappa shape index (κ1) is 39.3. The van der Waals surface area contributed by atoms with E-state index in [1.165, 1.54) is 12.3 Å². The minimum Gasteiger partial charge on any atom is -0.477 e. The van der Waals surface area contributed by atoms with Crippen LogP contribution in [0.25, 0.3) is 33.4 Å². The molecule has 0 saturated carbocycles. The Morgan fingerprint density at radius 2 is 1.13 bits per heavy atom. The third kappa shape index (κ3) is 9.02. The maximum absolute atomic E-state index is 11.7. The van der Waals surface area contributed by atoms with Crippen LogP contribution in [0.1, 0.15) is 65.9 Å². The van der Waals surface area contributed by atoms with Crippen LogP contribution in [0.3, 0.4) is 0 Å². The predicted octanol–water partition coefficient (Wildman–Crippen LogP) is 6.01. The fraction of sp³-hybridized carbons (Fsp3) is 0.0444. The van der Waals surface area contributed by atoms with E-state index in [9.17, 15) is 19.2 Å². The largest absolute Gasteiger partial charge is 0.477 e. The van der Waals surface area contributed by atoms with Gasteiger partial charge >= 0.3 is 11.9 Å². The normalized spacial score (nSPS) is 11.9. The molecule has 0 amide bonds. The van der Waals surface area contributed by atoms with Crippen molar-refractivity contribution in [2.45, 2.75) is 12.8 Å². The van der Waals surface area contributed by atoms with Crippen molar-refractivity contribution in [2.24, 2.45) is 0 Å². The maximum atomic E-state index is 11.7. The first-order valence-corrected chi connectivity index (χ1v) is 18.1. The molecule has 3 N–H and O–H groups in total. The summed E-state index contributed by atoms with van der Waals surface area (Å²) in [6.45, 7) is 0.